The van der Waals surface area contributed by atoms with E-state index in [1.807, 2.05) is 0 Å². The summed E-state index contributed by atoms with van der Waals surface area (Å²) in [6.07, 6.45) is 4.38. The Balaban J connectivity index is 1.29. The summed E-state index contributed by atoms with van der Waals surface area (Å²) in [4.78, 5) is 40.3. The number of Topliss-reactive ketones (excluding diaryl/α,β-unsaturated/α-hetero) is 1. The molecule has 0 aliphatic carbocycles. The lowest BCUT2D eigenvalue weighted by Gasteiger charge is -2.30. The zero-order valence-electron chi connectivity index (χ0n) is 17.3. The van der Waals surface area contributed by atoms with Gasteiger partial charge in [-0.25, -0.2) is 8.42 Å². The Morgan fingerprint density at radius 1 is 1.16 bits per heavy atom. The number of sulfonamides is 1. The summed E-state index contributed by atoms with van der Waals surface area (Å²) in [6, 6.07) is 8.05. The molecule has 0 spiro atoms. The van der Waals surface area contributed by atoms with E-state index in [-0.39, 0.29) is 36.3 Å². The summed E-state index contributed by atoms with van der Waals surface area (Å²) < 4.78 is 31.9. The number of aromatic nitrogens is 1. The van der Waals surface area contributed by atoms with Crippen LogP contribution in [0.25, 0.3) is 0 Å². The van der Waals surface area contributed by atoms with E-state index >= 15 is 0 Å². The summed E-state index contributed by atoms with van der Waals surface area (Å²) in [6.45, 7) is 0.0150. The van der Waals surface area contributed by atoms with Crippen LogP contribution in [-0.4, -0.2) is 55.1 Å². The van der Waals surface area contributed by atoms with Gasteiger partial charge in [0.05, 0.1) is 5.92 Å². The van der Waals surface area contributed by atoms with Crippen LogP contribution in [-0.2, 0) is 30.8 Å². The molecular formula is C22H23N3O6S. The minimum atomic E-state index is -3.65. The smallest absolute Gasteiger partial charge is 0.309 e. The Kier molecular flexibility index (Phi) is 6.33. The quantitative estimate of drug-likeness (QED) is 0.518. The van der Waals surface area contributed by atoms with Crippen molar-refractivity contribution in [1.29, 1.82) is 0 Å². The maximum absolute atomic E-state index is 12.7. The van der Waals surface area contributed by atoms with Crippen molar-refractivity contribution in [1.82, 2.24) is 9.29 Å². The zero-order valence-corrected chi connectivity index (χ0v) is 18.1. The molecule has 1 N–H and O–H groups in total. The zero-order chi connectivity index (χ0) is 22.7. The number of benzene rings is 1. The van der Waals surface area contributed by atoms with Crippen LogP contribution in [0.5, 0.6) is 0 Å². The number of hydrogen-bond donors (Lipinski definition) is 1. The van der Waals surface area contributed by atoms with E-state index in [1.54, 1.807) is 24.3 Å². The Hall–Kier alpha value is -3.11. The van der Waals surface area contributed by atoms with E-state index in [4.69, 9.17) is 4.74 Å². The number of carbonyl (C=O) groups excluding carboxylic acids is 3. The van der Waals surface area contributed by atoms with Gasteiger partial charge in [-0.15, -0.1) is 0 Å². The highest BCUT2D eigenvalue weighted by molar-refractivity contribution is 7.89. The first-order valence-electron chi connectivity index (χ1n) is 10.4. The lowest BCUT2D eigenvalue weighted by atomic mass is 9.98. The van der Waals surface area contributed by atoms with Gasteiger partial charge in [-0.3, -0.25) is 19.4 Å². The number of ether oxygens (including phenoxy) is 1. The van der Waals surface area contributed by atoms with Crippen molar-refractivity contribution in [3.8, 4) is 0 Å². The number of aryl methyl sites for hydroxylation is 1. The van der Waals surface area contributed by atoms with Crippen LogP contribution < -0.4 is 5.32 Å². The summed E-state index contributed by atoms with van der Waals surface area (Å²) in [5.41, 5.74) is 2.00. The maximum atomic E-state index is 12.7. The van der Waals surface area contributed by atoms with E-state index < -0.39 is 21.9 Å². The molecule has 1 aromatic heterocycles. The fraction of sp³-hybridized carbons (Fsp3) is 0.364. The topological polar surface area (TPSA) is 123 Å². The van der Waals surface area contributed by atoms with Crippen LogP contribution in [0.1, 0.15) is 35.2 Å². The van der Waals surface area contributed by atoms with Gasteiger partial charge < -0.3 is 10.1 Å². The molecule has 1 amide bonds. The fourth-order valence-corrected chi connectivity index (χ4v) is 5.31. The summed E-state index contributed by atoms with van der Waals surface area (Å²) >= 11 is 0. The Bertz CT molecular complexity index is 1140. The molecule has 9 nitrogen and oxygen atoms in total. The lowest BCUT2D eigenvalue weighted by molar-refractivity contribution is -0.148. The van der Waals surface area contributed by atoms with Crippen molar-refractivity contribution >= 4 is 33.4 Å². The largest absolute Gasteiger partial charge is 0.457 e. The summed E-state index contributed by atoms with van der Waals surface area (Å²) in [5.74, 6) is -1.33. The SMILES string of the molecule is O=C1CCc2cc(C(=O)COC(=O)C3CCN(S(=O)(=O)c4cccnc4)CC3)ccc2N1. The van der Waals surface area contributed by atoms with Gasteiger partial charge in [-0.05, 0) is 55.2 Å². The van der Waals surface area contributed by atoms with Crippen LogP contribution in [0.3, 0.4) is 0 Å². The van der Waals surface area contributed by atoms with Crippen molar-refractivity contribution in [2.24, 2.45) is 5.92 Å². The maximum Gasteiger partial charge on any atom is 0.309 e. The molecule has 2 aliphatic rings. The van der Waals surface area contributed by atoms with Crippen LogP contribution in [0, 0.1) is 5.92 Å². The van der Waals surface area contributed by atoms with Gasteiger partial charge in [0, 0.05) is 43.2 Å². The minimum Gasteiger partial charge on any atom is -0.457 e. The number of pyridine rings is 1. The number of carbonyl (C=O) groups is 3. The molecule has 0 atom stereocenters. The van der Waals surface area contributed by atoms with E-state index in [0.717, 1.165) is 5.56 Å². The molecule has 1 saturated heterocycles. The van der Waals surface area contributed by atoms with Crippen LogP contribution in [0.15, 0.2) is 47.6 Å². The fourth-order valence-electron chi connectivity index (χ4n) is 3.88. The number of rotatable bonds is 6. The van der Waals surface area contributed by atoms with Crippen LogP contribution in [0.2, 0.25) is 0 Å². The molecule has 1 aromatic carbocycles. The molecule has 4 rings (SSSR count). The van der Waals surface area contributed by atoms with Crippen molar-refractivity contribution < 1.29 is 27.5 Å². The van der Waals surface area contributed by atoms with Gasteiger partial charge >= 0.3 is 5.97 Å². The van der Waals surface area contributed by atoms with Gasteiger partial charge in [-0.2, -0.15) is 4.31 Å². The third-order valence-corrected chi connectivity index (χ3v) is 7.61. The van der Waals surface area contributed by atoms with E-state index in [9.17, 15) is 22.8 Å². The Morgan fingerprint density at radius 3 is 2.66 bits per heavy atom. The van der Waals surface area contributed by atoms with E-state index in [2.05, 4.69) is 10.3 Å². The van der Waals surface area contributed by atoms with E-state index in [1.165, 1.54) is 22.8 Å². The van der Waals surface area contributed by atoms with Crippen molar-refractivity contribution in [2.75, 3.05) is 25.0 Å². The standard InChI is InChI=1S/C22H23N3O6S/c26-20(17-3-5-19-16(12-17)4-6-21(27)24-19)14-31-22(28)15-7-10-25(11-8-15)32(29,30)18-2-1-9-23-13-18/h1-3,5,9,12-13,15H,4,6-8,10-11,14H2,(H,24,27). The number of fused-ring (bicyclic) bond motifs is 1. The molecule has 0 radical (unpaired) electrons. The monoisotopic (exact) mass is 457 g/mol. The Labute approximate surface area is 185 Å². The molecule has 10 heteroatoms. The van der Waals surface area contributed by atoms with Crippen LogP contribution in [0.4, 0.5) is 5.69 Å². The number of piperidine rings is 1. The van der Waals surface area contributed by atoms with Gasteiger partial charge in [0.25, 0.3) is 0 Å². The number of amides is 1. The van der Waals surface area contributed by atoms with Gasteiger partial charge in [-0.1, -0.05) is 0 Å². The normalized spacial score (nSPS) is 17.3. The molecule has 32 heavy (non-hydrogen) atoms. The van der Waals surface area contributed by atoms with Gasteiger partial charge in [0.15, 0.2) is 12.4 Å². The number of hydrogen-bond acceptors (Lipinski definition) is 7. The predicted octanol–water partition coefficient (Wildman–Crippen LogP) is 1.79. The molecule has 168 valence electrons. The molecular weight excluding hydrogens is 434 g/mol. The lowest BCUT2D eigenvalue weighted by Crippen LogP contribution is -2.40. The highest BCUT2D eigenvalue weighted by Gasteiger charge is 2.33. The summed E-state index contributed by atoms with van der Waals surface area (Å²) in [5, 5.41) is 2.76. The molecule has 1 fully saturated rings. The molecule has 2 aliphatic heterocycles. The van der Waals surface area contributed by atoms with Gasteiger partial charge in [0.1, 0.15) is 4.90 Å². The second-order valence-corrected chi connectivity index (χ2v) is 9.76. The highest BCUT2D eigenvalue weighted by Crippen LogP contribution is 2.25. The number of anilines is 1. The molecule has 0 saturated carbocycles. The first-order chi connectivity index (χ1) is 15.3. The number of esters is 1. The molecule has 3 heterocycles. The molecule has 2 aromatic rings. The van der Waals surface area contributed by atoms with E-state index in [0.29, 0.717) is 36.9 Å². The van der Waals surface area contributed by atoms with Crippen molar-refractivity contribution in [2.45, 2.75) is 30.6 Å². The predicted molar refractivity (Wildman–Crippen MR) is 114 cm³/mol. The van der Waals surface area contributed by atoms with Crippen LogP contribution >= 0.6 is 0 Å². The first-order valence-corrected chi connectivity index (χ1v) is 11.8. The first kappa shape index (κ1) is 22.1. The molecule has 0 unspecified atom stereocenters. The third kappa shape index (κ3) is 4.71. The Morgan fingerprint density at radius 2 is 1.94 bits per heavy atom. The number of nitrogens with one attached hydrogen (secondary N) is 1. The second-order valence-electron chi connectivity index (χ2n) is 7.82. The number of ketones is 1. The van der Waals surface area contributed by atoms with Crippen molar-refractivity contribution in [3.63, 3.8) is 0 Å². The van der Waals surface area contributed by atoms with Gasteiger partial charge in [0.2, 0.25) is 15.9 Å². The minimum absolute atomic E-state index is 0.0511. The average molecular weight is 458 g/mol. The highest BCUT2D eigenvalue weighted by atomic mass is 32.2. The van der Waals surface area contributed by atoms with Crippen molar-refractivity contribution in [3.05, 3.63) is 53.9 Å². The molecule has 0 bridgehead atoms. The third-order valence-electron chi connectivity index (χ3n) is 5.73. The average Bonchev–Trinajstić information content (AvgIpc) is 2.82. The summed E-state index contributed by atoms with van der Waals surface area (Å²) in [7, 11) is -3.65. The number of nitrogens with zero attached hydrogens (tertiary/aromatic N) is 2. The second kappa shape index (κ2) is 9.17.